The van der Waals surface area contributed by atoms with Crippen molar-refractivity contribution in [3.8, 4) is 0 Å². The largest absolute Gasteiger partial charge is 0.343 e. The molecule has 4 nitrogen and oxygen atoms in total. The normalized spacial score (nSPS) is 21.9. The van der Waals surface area contributed by atoms with E-state index >= 15 is 0 Å². The molecule has 1 aliphatic rings. The zero-order valence-corrected chi connectivity index (χ0v) is 13.1. The number of nitrogens with zero attached hydrogens (tertiary/aromatic N) is 1. The van der Waals surface area contributed by atoms with Crippen LogP contribution < -0.4 is 5.32 Å². The number of nitrogens with one attached hydrogen (secondary N) is 1. The molecule has 1 saturated heterocycles. The van der Waals surface area contributed by atoms with Crippen molar-refractivity contribution in [3.63, 3.8) is 0 Å². The van der Waals surface area contributed by atoms with Gasteiger partial charge in [-0.2, -0.15) is 0 Å². The first kappa shape index (κ1) is 15.0. The Hall–Kier alpha value is -1.43. The Morgan fingerprint density at radius 2 is 2.05 bits per heavy atom. The Morgan fingerprint density at radius 1 is 1.40 bits per heavy atom. The van der Waals surface area contributed by atoms with Crippen molar-refractivity contribution in [2.45, 2.75) is 38.9 Å². The van der Waals surface area contributed by atoms with Crippen molar-refractivity contribution < 1.29 is 14.0 Å². The minimum atomic E-state index is -0.963. The van der Waals surface area contributed by atoms with Crippen LogP contribution in [0.15, 0.2) is 22.7 Å². The smallest absolute Gasteiger partial charge is 0.246 e. The second-order valence-electron chi connectivity index (χ2n) is 5.39. The van der Waals surface area contributed by atoms with Crippen LogP contribution in [0.25, 0.3) is 0 Å². The van der Waals surface area contributed by atoms with E-state index in [1.165, 1.54) is 11.0 Å². The highest BCUT2D eigenvalue weighted by Crippen LogP contribution is 2.27. The van der Waals surface area contributed by atoms with Crippen LogP contribution in [-0.4, -0.2) is 28.3 Å². The number of hydrogen-bond donors (Lipinski definition) is 1. The van der Waals surface area contributed by atoms with Gasteiger partial charge in [0.2, 0.25) is 11.8 Å². The molecule has 1 atom stereocenters. The highest BCUT2D eigenvalue weighted by Gasteiger charge is 2.44. The zero-order chi connectivity index (χ0) is 15.1. The second-order valence-corrected chi connectivity index (χ2v) is 6.18. The lowest BCUT2D eigenvalue weighted by Crippen LogP contribution is -2.67. The van der Waals surface area contributed by atoms with Crippen LogP contribution in [0.4, 0.5) is 4.39 Å². The Kier molecular flexibility index (Phi) is 3.86. The summed E-state index contributed by atoms with van der Waals surface area (Å²) in [6.45, 7) is 5.18. The molecule has 1 unspecified atom stereocenters. The van der Waals surface area contributed by atoms with Gasteiger partial charge in [0.15, 0.2) is 0 Å². The van der Waals surface area contributed by atoms with Gasteiger partial charge in [0.25, 0.3) is 0 Å². The monoisotopic (exact) mass is 342 g/mol. The van der Waals surface area contributed by atoms with Crippen LogP contribution in [0.5, 0.6) is 0 Å². The van der Waals surface area contributed by atoms with Gasteiger partial charge in [-0.25, -0.2) is 4.39 Å². The summed E-state index contributed by atoms with van der Waals surface area (Å²) in [7, 11) is 0. The molecule has 0 spiro atoms. The predicted molar refractivity (Wildman–Crippen MR) is 76.3 cm³/mol. The van der Waals surface area contributed by atoms with E-state index in [0.29, 0.717) is 10.0 Å². The van der Waals surface area contributed by atoms with Gasteiger partial charge in [0.05, 0.1) is 4.47 Å². The van der Waals surface area contributed by atoms with Gasteiger partial charge in [-0.05, 0) is 48.3 Å². The summed E-state index contributed by atoms with van der Waals surface area (Å²) in [6, 6.07) is 4.09. The van der Waals surface area contributed by atoms with E-state index < -0.39 is 11.6 Å². The minimum absolute atomic E-state index is 0.175. The van der Waals surface area contributed by atoms with Gasteiger partial charge in [-0.15, -0.1) is 0 Å². The highest BCUT2D eigenvalue weighted by molar-refractivity contribution is 9.10. The van der Waals surface area contributed by atoms with Gasteiger partial charge >= 0.3 is 0 Å². The summed E-state index contributed by atoms with van der Waals surface area (Å²) in [5.41, 5.74) is -0.330. The number of rotatable bonds is 2. The Morgan fingerprint density at radius 3 is 2.70 bits per heavy atom. The molecule has 20 heavy (non-hydrogen) atoms. The van der Waals surface area contributed by atoms with E-state index in [9.17, 15) is 14.0 Å². The van der Waals surface area contributed by atoms with E-state index in [-0.39, 0.29) is 24.2 Å². The number of hydrogen-bond acceptors (Lipinski definition) is 2. The topological polar surface area (TPSA) is 49.4 Å². The molecule has 0 bridgehead atoms. The minimum Gasteiger partial charge on any atom is -0.343 e. The van der Waals surface area contributed by atoms with Crippen molar-refractivity contribution in [2.24, 2.45) is 0 Å². The first-order valence-electron chi connectivity index (χ1n) is 6.30. The number of piperazine rings is 1. The number of amides is 2. The number of benzene rings is 1. The third kappa shape index (κ3) is 2.44. The van der Waals surface area contributed by atoms with Gasteiger partial charge in [-0.1, -0.05) is 12.1 Å². The molecular formula is C14H16BrFN2O2. The molecule has 1 aliphatic heterocycles. The lowest BCUT2D eigenvalue weighted by molar-refractivity contribution is -0.155. The number of halogens is 2. The first-order valence-corrected chi connectivity index (χ1v) is 7.09. The van der Waals surface area contributed by atoms with E-state index in [1.807, 2.05) is 0 Å². The fourth-order valence-electron chi connectivity index (χ4n) is 2.18. The van der Waals surface area contributed by atoms with E-state index in [1.54, 1.807) is 32.9 Å². The van der Waals surface area contributed by atoms with Gasteiger partial charge in [0, 0.05) is 6.54 Å². The molecule has 1 heterocycles. The summed E-state index contributed by atoms with van der Waals surface area (Å²) in [5.74, 6) is -0.773. The molecule has 6 heteroatoms. The number of carbonyl (C=O) groups is 2. The SMILES string of the molecule is CC1NC(=O)C(C)(C)N(Cc2cccc(F)c2Br)C1=O. The first-order chi connectivity index (χ1) is 9.25. The molecule has 1 fully saturated rings. The van der Waals surface area contributed by atoms with E-state index in [2.05, 4.69) is 21.2 Å². The van der Waals surface area contributed by atoms with Gasteiger partial charge in [-0.3, -0.25) is 9.59 Å². The highest BCUT2D eigenvalue weighted by atomic mass is 79.9. The quantitative estimate of drug-likeness (QED) is 0.895. The summed E-state index contributed by atoms with van der Waals surface area (Å²) in [6.07, 6.45) is 0. The van der Waals surface area contributed by atoms with Crippen LogP contribution in [0.2, 0.25) is 0 Å². The fraction of sp³-hybridized carbons (Fsp3) is 0.429. The average Bonchev–Trinajstić information content (AvgIpc) is 2.37. The molecule has 1 aromatic rings. The number of carbonyl (C=O) groups excluding carboxylic acids is 2. The molecule has 1 N–H and O–H groups in total. The molecule has 1 aromatic carbocycles. The summed E-state index contributed by atoms with van der Waals surface area (Å²) in [4.78, 5) is 25.8. The van der Waals surface area contributed by atoms with Crippen LogP contribution in [0, 0.1) is 5.82 Å². The van der Waals surface area contributed by atoms with Crippen LogP contribution in [0.3, 0.4) is 0 Å². The van der Waals surface area contributed by atoms with Crippen molar-refractivity contribution in [1.82, 2.24) is 10.2 Å². The van der Waals surface area contributed by atoms with E-state index in [0.717, 1.165) is 0 Å². The molecule has 0 radical (unpaired) electrons. The third-order valence-electron chi connectivity index (χ3n) is 3.57. The molecule has 0 saturated carbocycles. The molecule has 2 rings (SSSR count). The van der Waals surface area contributed by atoms with Crippen LogP contribution in [-0.2, 0) is 16.1 Å². The van der Waals surface area contributed by atoms with Crippen LogP contribution >= 0.6 is 15.9 Å². The van der Waals surface area contributed by atoms with Crippen molar-refractivity contribution in [1.29, 1.82) is 0 Å². The lowest BCUT2D eigenvalue weighted by atomic mass is 9.95. The Balaban J connectivity index is 2.36. The summed E-state index contributed by atoms with van der Waals surface area (Å²) in [5, 5.41) is 2.65. The maximum atomic E-state index is 13.5. The standard InChI is InChI=1S/C14H16BrFN2O2/c1-8-12(19)18(14(2,3)13(20)17-8)7-9-5-4-6-10(16)11(9)15/h4-6,8H,7H2,1-3H3,(H,17,20). The van der Waals surface area contributed by atoms with Gasteiger partial charge < -0.3 is 10.2 Å². The molecular weight excluding hydrogens is 327 g/mol. The zero-order valence-electron chi connectivity index (χ0n) is 11.5. The molecule has 0 aliphatic carbocycles. The van der Waals surface area contributed by atoms with Crippen molar-refractivity contribution in [2.75, 3.05) is 0 Å². The van der Waals surface area contributed by atoms with Crippen LogP contribution in [0.1, 0.15) is 26.3 Å². The Bertz CT molecular complexity index is 574. The third-order valence-corrected chi connectivity index (χ3v) is 4.46. The molecule has 108 valence electrons. The summed E-state index contributed by atoms with van der Waals surface area (Å²) >= 11 is 3.18. The van der Waals surface area contributed by atoms with Crippen molar-refractivity contribution >= 4 is 27.7 Å². The summed E-state index contributed by atoms with van der Waals surface area (Å²) < 4.78 is 13.9. The Labute approximate surface area is 125 Å². The van der Waals surface area contributed by atoms with Crippen molar-refractivity contribution in [3.05, 3.63) is 34.1 Å². The van der Waals surface area contributed by atoms with Gasteiger partial charge in [0.1, 0.15) is 17.4 Å². The maximum absolute atomic E-state index is 13.5. The second kappa shape index (κ2) is 5.16. The molecule has 0 aromatic heterocycles. The average molecular weight is 343 g/mol. The molecule has 2 amide bonds. The fourth-order valence-corrected chi connectivity index (χ4v) is 2.57. The van der Waals surface area contributed by atoms with E-state index in [4.69, 9.17) is 0 Å². The lowest BCUT2D eigenvalue weighted by Gasteiger charge is -2.43. The maximum Gasteiger partial charge on any atom is 0.246 e. The predicted octanol–water partition coefficient (Wildman–Crippen LogP) is 2.21.